The molecule has 0 saturated heterocycles. The Kier molecular flexibility index (Phi) is 3.97. The summed E-state index contributed by atoms with van der Waals surface area (Å²) in [5.41, 5.74) is 2.62. The number of rotatable bonds is 4. The number of fused-ring (bicyclic) bond motifs is 2. The highest BCUT2D eigenvalue weighted by molar-refractivity contribution is 5.80. The fraction of sp³-hybridized carbons (Fsp3) is 0.278. The number of amides is 1. The van der Waals surface area contributed by atoms with E-state index in [-0.39, 0.29) is 11.8 Å². The third kappa shape index (κ3) is 2.88. The molecule has 0 aliphatic carbocycles. The van der Waals surface area contributed by atoms with Crippen molar-refractivity contribution in [3.63, 3.8) is 0 Å². The number of carbonyl (C=O) groups is 1. The Hall–Kier alpha value is -3.09. The highest BCUT2D eigenvalue weighted by Gasteiger charge is 2.27. The van der Waals surface area contributed by atoms with Crippen LogP contribution in [0.1, 0.15) is 11.1 Å². The third-order valence-electron chi connectivity index (χ3n) is 4.35. The molecule has 128 valence electrons. The number of carbonyl (C=O) groups excluding carboxylic acids is 1. The van der Waals surface area contributed by atoms with E-state index in [1.165, 1.54) is 0 Å². The number of para-hydroxylation sites is 1. The third-order valence-corrected chi connectivity index (χ3v) is 4.35. The zero-order chi connectivity index (χ0) is 17.2. The van der Waals surface area contributed by atoms with Gasteiger partial charge < -0.3 is 14.8 Å². The first-order chi connectivity index (χ1) is 12.3. The van der Waals surface area contributed by atoms with Crippen molar-refractivity contribution in [3.8, 4) is 11.5 Å². The molecule has 7 nitrogen and oxygen atoms in total. The fourth-order valence-electron chi connectivity index (χ4n) is 3.05. The van der Waals surface area contributed by atoms with Gasteiger partial charge in [-0.05, 0) is 24.1 Å². The van der Waals surface area contributed by atoms with Gasteiger partial charge >= 0.3 is 0 Å². The average molecular weight is 338 g/mol. The molecule has 1 amide bonds. The SMILES string of the molecule is COc1cccc2c1OC[C@H](C(=O)NCc1cnn3cccnc13)C2. The second-order valence-corrected chi connectivity index (χ2v) is 5.94. The number of ether oxygens (including phenoxy) is 2. The van der Waals surface area contributed by atoms with Crippen LogP contribution in [0.2, 0.25) is 0 Å². The summed E-state index contributed by atoms with van der Waals surface area (Å²) in [4.78, 5) is 16.8. The van der Waals surface area contributed by atoms with Gasteiger partial charge in [-0.25, -0.2) is 9.50 Å². The molecule has 0 saturated carbocycles. The van der Waals surface area contributed by atoms with Crippen LogP contribution in [0.4, 0.5) is 0 Å². The van der Waals surface area contributed by atoms with E-state index < -0.39 is 0 Å². The van der Waals surface area contributed by atoms with Crippen molar-refractivity contribution in [1.82, 2.24) is 19.9 Å². The van der Waals surface area contributed by atoms with Crippen LogP contribution in [-0.2, 0) is 17.8 Å². The highest BCUT2D eigenvalue weighted by Crippen LogP contribution is 2.36. The van der Waals surface area contributed by atoms with Gasteiger partial charge in [0.05, 0.1) is 19.2 Å². The smallest absolute Gasteiger partial charge is 0.227 e. The van der Waals surface area contributed by atoms with E-state index in [1.54, 1.807) is 24.0 Å². The second-order valence-electron chi connectivity index (χ2n) is 5.94. The lowest BCUT2D eigenvalue weighted by Crippen LogP contribution is -2.37. The largest absolute Gasteiger partial charge is 0.493 e. The molecule has 0 unspecified atom stereocenters. The lowest BCUT2D eigenvalue weighted by atomic mass is 9.95. The van der Waals surface area contributed by atoms with Gasteiger partial charge in [-0.2, -0.15) is 5.10 Å². The molecule has 1 aromatic carbocycles. The van der Waals surface area contributed by atoms with Gasteiger partial charge in [0, 0.05) is 24.5 Å². The first kappa shape index (κ1) is 15.4. The van der Waals surface area contributed by atoms with Gasteiger partial charge in [-0.3, -0.25) is 4.79 Å². The maximum Gasteiger partial charge on any atom is 0.227 e. The van der Waals surface area contributed by atoms with E-state index in [0.29, 0.717) is 25.3 Å². The number of benzene rings is 1. The van der Waals surface area contributed by atoms with Crippen LogP contribution in [0.25, 0.3) is 5.65 Å². The van der Waals surface area contributed by atoms with Crippen LogP contribution >= 0.6 is 0 Å². The Balaban J connectivity index is 1.43. The summed E-state index contributed by atoms with van der Waals surface area (Å²) in [5, 5.41) is 7.19. The number of aromatic nitrogens is 3. The van der Waals surface area contributed by atoms with Crippen molar-refractivity contribution < 1.29 is 14.3 Å². The lowest BCUT2D eigenvalue weighted by Gasteiger charge is -2.25. The lowest BCUT2D eigenvalue weighted by molar-refractivity contribution is -0.126. The molecular weight excluding hydrogens is 320 g/mol. The van der Waals surface area contributed by atoms with E-state index in [9.17, 15) is 4.79 Å². The minimum absolute atomic E-state index is 0.0382. The van der Waals surface area contributed by atoms with Crippen molar-refractivity contribution in [1.29, 1.82) is 0 Å². The van der Waals surface area contributed by atoms with Crippen molar-refractivity contribution in [2.75, 3.05) is 13.7 Å². The van der Waals surface area contributed by atoms with E-state index in [2.05, 4.69) is 15.4 Å². The van der Waals surface area contributed by atoms with Gasteiger partial charge in [0.1, 0.15) is 6.61 Å². The molecule has 3 heterocycles. The van der Waals surface area contributed by atoms with E-state index in [0.717, 1.165) is 22.5 Å². The van der Waals surface area contributed by atoms with Gasteiger partial charge in [-0.1, -0.05) is 12.1 Å². The molecule has 1 aliphatic heterocycles. The van der Waals surface area contributed by atoms with E-state index >= 15 is 0 Å². The minimum atomic E-state index is -0.227. The molecule has 2 aromatic heterocycles. The Labute approximate surface area is 144 Å². The zero-order valence-corrected chi connectivity index (χ0v) is 13.8. The van der Waals surface area contributed by atoms with E-state index in [1.807, 2.05) is 30.5 Å². The topological polar surface area (TPSA) is 77.8 Å². The van der Waals surface area contributed by atoms with Crippen molar-refractivity contribution >= 4 is 11.6 Å². The maximum absolute atomic E-state index is 12.5. The first-order valence-corrected chi connectivity index (χ1v) is 8.10. The second kappa shape index (κ2) is 6.43. The number of methoxy groups -OCH3 is 1. The molecule has 25 heavy (non-hydrogen) atoms. The van der Waals surface area contributed by atoms with Crippen molar-refractivity contribution in [2.24, 2.45) is 5.92 Å². The average Bonchev–Trinajstić information content (AvgIpc) is 3.08. The summed E-state index contributed by atoms with van der Waals surface area (Å²) in [7, 11) is 1.61. The highest BCUT2D eigenvalue weighted by atomic mass is 16.5. The number of nitrogens with zero attached hydrogens (tertiary/aromatic N) is 3. The van der Waals surface area contributed by atoms with Gasteiger partial charge in [0.2, 0.25) is 5.91 Å². The standard InChI is InChI=1S/C18H18N4O3/c1-24-15-5-2-4-12-8-13(11-25-16(12)15)18(23)20-9-14-10-21-22-7-3-6-19-17(14)22/h2-7,10,13H,8-9,11H2,1H3,(H,20,23)/t13-/m1/s1. The maximum atomic E-state index is 12.5. The van der Waals surface area contributed by atoms with Crippen LogP contribution in [0.5, 0.6) is 11.5 Å². The van der Waals surface area contributed by atoms with Crippen molar-refractivity contribution in [2.45, 2.75) is 13.0 Å². The van der Waals surface area contributed by atoms with Crippen LogP contribution in [0.3, 0.4) is 0 Å². The molecule has 7 heteroatoms. The summed E-state index contributed by atoms with van der Waals surface area (Å²) in [6, 6.07) is 7.54. The van der Waals surface area contributed by atoms with Gasteiger partial charge in [-0.15, -0.1) is 0 Å². The number of hydrogen-bond acceptors (Lipinski definition) is 5. The van der Waals surface area contributed by atoms with Crippen molar-refractivity contribution in [3.05, 3.63) is 54.0 Å². The summed E-state index contributed by atoms with van der Waals surface area (Å²) in [5.74, 6) is 1.17. The summed E-state index contributed by atoms with van der Waals surface area (Å²) >= 11 is 0. The Morgan fingerprint density at radius 2 is 2.36 bits per heavy atom. The summed E-state index contributed by atoms with van der Waals surface area (Å²) < 4.78 is 12.8. The molecule has 1 aliphatic rings. The minimum Gasteiger partial charge on any atom is -0.493 e. The van der Waals surface area contributed by atoms with Gasteiger partial charge in [0.25, 0.3) is 0 Å². The molecule has 0 bridgehead atoms. The predicted molar refractivity (Wildman–Crippen MR) is 90.5 cm³/mol. The first-order valence-electron chi connectivity index (χ1n) is 8.10. The molecule has 0 spiro atoms. The molecule has 1 atom stereocenters. The molecular formula is C18H18N4O3. The van der Waals surface area contributed by atoms with Crippen LogP contribution < -0.4 is 14.8 Å². The predicted octanol–water partition coefficient (Wildman–Crippen LogP) is 1.61. The molecule has 4 rings (SSSR count). The zero-order valence-electron chi connectivity index (χ0n) is 13.8. The van der Waals surface area contributed by atoms with Crippen LogP contribution in [-0.4, -0.2) is 34.2 Å². The Bertz CT molecular complexity index is 922. The number of nitrogens with one attached hydrogen (secondary N) is 1. The normalized spacial score (nSPS) is 16.1. The van der Waals surface area contributed by atoms with Crippen LogP contribution in [0, 0.1) is 5.92 Å². The summed E-state index contributed by atoms with van der Waals surface area (Å²) in [6.07, 6.45) is 5.89. The molecule has 0 radical (unpaired) electrons. The number of hydrogen-bond donors (Lipinski definition) is 1. The Morgan fingerprint density at radius 1 is 1.44 bits per heavy atom. The summed E-state index contributed by atoms with van der Waals surface area (Å²) in [6.45, 7) is 0.729. The Morgan fingerprint density at radius 3 is 3.24 bits per heavy atom. The monoisotopic (exact) mass is 338 g/mol. The van der Waals surface area contributed by atoms with Crippen LogP contribution in [0.15, 0.2) is 42.9 Å². The molecule has 3 aromatic rings. The quantitative estimate of drug-likeness (QED) is 0.782. The molecule has 0 fully saturated rings. The van der Waals surface area contributed by atoms with E-state index in [4.69, 9.17) is 9.47 Å². The molecule has 1 N–H and O–H groups in total. The van der Waals surface area contributed by atoms with Gasteiger partial charge in [0.15, 0.2) is 17.1 Å². The fourth-order valence-corrected chi connectivity index (χ4v) is 3.05.